The largest absolute Gasteiger partial charge is 0.350 e. The number of carbonyl (C=O) groups is 1. The molecule has 20 heavy (non-hydrogen) atoms. The number of amides is 1. The second-order valence-electron chi connectivity index (χ2n) is 5.52. The summed E-state index contributed by atoms with van der Waals surface area (Å²) >= 11 is 5.78. The van der Waals surface area contributed by atoms with E-state index in [1.807, 2.05) is 0 Å². The number of piperidine rings is 1. The fourth-order valence-electron chi connectivity index (χ4n) is 2.54. The van der Waals surface area contributed by atoms with E-state index in [1.54, 1.807) is 18.2 Å². The lowest BCUT2D eigenvalue weighted by atomic mass is 10.1. The molecule has 0 aromatic carbocycles. The molecular formula is C15H22ClN3O. The van der Waals surface area contributed by atoms with E-state index in [2.05, 4.69) is 22.1 Å². The third kappa shape index (κ3) is 4.76. The molecule has 5 heteroatoms. The molecule has 1 aromatic rings. The van der Waals surface area contributed by atoms with Gasteiger partial charge in [0, 0.05) is 13.1 Å². The molecule has 1 aliphatic heterocycles. The summed E-state index contributed by atoms with van der Waals surface area (Å²) in [5.41, 5.74) is 0.377. The van der Waals surface area contributed by atoms with Gasteiger partial charge in [0.05, 0.1) is 0 Å². The van der Waals surface area contributed by atoms with Crippen LogP contribution in [0.4, 0.5) is 0 Å². The molecule has 110 valence electrons. The summed E-state index contributed by atoms with van der Waals surface area (Å²) in [5, 5.41) is 3.28. The number of aromatic nitrogens is 1. The van der Waals surface area contributed by atoms with Crippen LogP contribution in [0.3, 0.4) is 0 Å². The van der Waals surface area contributed by atoms with Gasteiger partial charge in [-0.15, -0.1) is 0 Å². The highest BCUT2D eigenvalue weighted by molar-refractivity contribution is 6.29. The molecule has 1 fully saturated rings. The number of rotatable bonds is 5. The van der Waals surface area contributed by atoms with Crippen LogP contribution in [0, 0.1) is 5.92 Å². The van der Waals surface area contributed by atoms with E-state index in [0.29, 0.717) is 23.3 Å². The molecule has 1 atom stereocenters. The van der Waals surface area contributed by atoms with Gasteiger partial charge in [-0.25, -0.2) is 4.98 Å². The number of nitrogens with one attached hydrogen (secondary N) is 1. The molecule has 0 bridgehead atoms. The third-order valence-electron chi connectivity index (χ3n) is 3.58. The first-order valence-corrected chi connectivity index (χ1v) is 7.66. The Bertz CT molecular complexity index is 446. The van der Waals surface area contributed by atoms with Crippen molar-refractivity contribution in [3.05, 3.63) is 29.0 Å². The third-order valence-corrected chi connectivity index (χ3v) is 3.79. The van der Waals surface area contributed by atoms with Crippen molar-refractivity contribution in [2.75, 3.05) is 26.2 Å². The monoisotopic (exact) mass is 295 g/mol. The Balaban J connectivity index is 1.75. The molecule has 0 spiro atoms. The van der Waals surface area contributed by atoms with Gasteiger partial charge >= 0.3 is 0 Å². The highest BCUT2D eigenvalue weighted by Gasteiger charge is 2.14. The van der Waals surface area contributed by atoms with Gasteiger partial charge < -0.3 is 10.2 Å². The molecule has 4 nitrogen and oxygen atoms in total. The van der Waals surface area contributed by atoms with E-state index in [4.69, 9.17) is 11.6 Å². The van der Waals surface area contributed by atoms with Gasteiger partial charge in [-0.1, -0.05) is 31.0 Å². The highest BCUT2D eigenvalue weighted by Crippen LogP contribution is 2.10. The van der Waals surface area contributed by atoms with E-state index < -0.39 is 0 Å². The van der Waals surface area contributed by atoms with Crippen molar-refractivity contribution in [2.45, 2.75) is 26.2 Å². The molecule has 0 radical (unpaired) electrons. The predicted molar refractivity (Wildman–Crippen MR) is 81.0 cm³/mol. The average Bonchev–Trinajstić information content (AvgIpc) is 2.46. The van der Waals surface area contributed by atoms with E-state index in [-0.39, 0.29) is 5.91 Å². The van der Waals surface area contributed by atoms with Crippen molar-refractivity contribution in [1.29, 1.82) is 0 Å². The Hall–Kier alpha value is -1.13. The number of likely N-dealkylation sites (tertiary alicyclic amines) is 1. The van der Waals surface area contributed by atoms with Crippen molar-refractivity contribution in [3.8, 4) is 0 Å². The van der Waals surface area contributed by atoms with Crippen LogP contribution in [0.5, 0.6) is 0 Å². The van der Waals surface area contributed by atoms with Crippen LogP contribution >= 0.6 is 11.6 Å². The molecule has 0 aliphatic carbocycles. The summed E-state index contributed by atoms with van der Waals surface area (Å²) in [6.45, 7) is 6.26. The van der Waals surface area contributed by atoms with Gasteiger partial charge in [0.2, 0.25) is 0 Å². The van der Waals surface area contributed by atoms with Crippen LogP contribution in [0.15, 0.2) is 18.2 Å². The molecule has 1 amide bonds. The molecule has 1 unspecified atom stereocenters. The molecule has 2 heterocycles. The Labute approximate surface area is 125 Å². The first-order chi connectivity index (χ1) is 9.65. The Morgan fingerprint density at radius 1 is 1.40 bits per heavy atom. The zero-order valence-corrected chi connectivity index (χ0v) is 12.7. The lowest BCUT2D eigenvalue weighted by Gasteiger charge is -2.29. The van der Waals surface area contributed by atoms with E-state index in [0.717, 1.165) is 6.54 Å². The minimum Gasteiger partial charge on any atom is -0.350 e. The summed E-state index contributed by atoms with van der Waals surface area (Å²) in [4.78, 5) is 18.4. The van der Waals surface area contributed by atoms with E-state index in [9.17, 15) is 4.79 Å². The highest BCUT2D eigenvalue weighted by atomic mass is 35.5. The maximum atomic E-state index is 11.9. The molecule has 1 saturated heterocycles. The lowest BCUT2D eigenvalue weighted by Crippen LogP contribution is -2.38. The molecular weight excluding hydrogens is 274 g/mol. The Morgan fingerprint density at radius 3 is 2.85 bits per heavy atom. The van der Waals surface area contributed by atoms with E-state index in [1.165, 1.54) is 32.4 Å². The smallest absolute Gasteiger partial charge is 0.269 e. The number of hydrogen-bond acceptors (Lipinski definition) is 3. The number of carbonyl (C=O) groups excluding carboxylic acids is 1. The zero-order chi connectivity index (χ0) is 14.4. The van der Waals surface area contributed by atoms with Gasteiger partial charge in [0.1, 0.15) is 10.8 Å². The summed E-state index contributed by atoms with van der Waals surface area (Å²) in [6.07, 6.45) is 3.94. The van der Waals surface area contributed by atoms with Crippen molar-refractivity contribution in [2.24, 2.45) is 5.92 Å². The second-order valence-corrected chi connectivity index (χ2v) is 5.91. The Morgan fingerprint density at radius 2 is 2.15 bits per heavy atom. The van der Waals surface area contributed by atoms with Crippen molar-refractivity contribution in [1.82, 2.24) is 15.2 Å². The summed E-state index contributed by atoms with van der Waals surface area (Å²) in [7, 11) is 0. The normalized spacial score (nSPS) is 17.7. The number of halogens is 1. The second kappa shape index (κ2) is 7.60. The first-order valence-electron chi connectivity index (χ1n) is 7.28. The molecule has 1 aromatic heterocycles. The van der Waals surface area contributed by atoms with Gasteiger partial charge in [-0.05, 0) is 44.0 Å². The molecule has 1 aliphatic rings. The minimum atomic E-state index is -0.155. The van der Waals surface area contributed by atoms with Crippen molar-refractivity contribution >= 4 is 17.5 Å². The standard InChI is InChI=1S/C15H22ClN3O/c1-12(11-19-8-3-2-4-9-19)10-17-15(20)13-6-5-7-14(16)18-13/h5-7,12H,2-4,8-11H2,1H3,(H,17,20). The fraction of sp³-hybridized carbons (Fsp3) is 0.600. The molecule has 0 saturated carbocycles. The van der Waals surface area contributed by atoms with Gasteiger partial charge in [0.15, 0.2) is 0 Å². The topological polar surface area (TPSA) is 45.2 Å². The first kappa shape index (κ1) is 15.3. The summed E-state index contributed by atoms with van der Waals surface area (Å²) in [6, 6.07) is 5.08. The van der Waals surface area contributed by atoms with Crippen LogP contribution in [0.2, 0.25) is 5.15 Å². The van der Waals surface area contributed by atoms with Gasteiger partial charge in [-0.2, -0.15) is 0 Å². The van der Waals surface area contributed by atoms with Crippen molar-refractivity contribution < 1.29 is 4.79 Å². The number of hydrogen-bond donors (Lipinski definition) is 1. The van der Waals surface area contributed by atoms with E-state index >= 15 is 0 Å². The SMILES string of the molecule is CC(CNC(=O)c1cccc(Cl)n1)CN1CCCCC1. The fourth-order valence-corrected chi connectivity index (χ4v) is 2.70. The minimum absolute atomic E-state index is 0.155. The Kier molecular flexibility index (Phi) is 5.80. The quantitative estimate of drug-likeness (QED) is 0.849. The van der Waals surface area contributed by atoms with Crippen LogP contribution in [-0.4, -0.2) is 42.0 Å². The van der Waals surface area contributed by atoms with Crippen LogP contribution in [0.25, 0.3) is 0 Å². The maximum Gasteiger partial charge on any atom is 0.269 e. The molecule has 1 N–H and O–H groups in total. The lowest BCUT2D eigenvalue weighted by molar-refractivity contribution is 0.0937. The number of nitrogens with zero attached hydrogens (tertiary/aromatic N) is 2. The van der Waals surface area contributed by atoms with Crippen LogP contribution in [0.1, 0.15) is 36.7 Å². The van der Waals surface area contributed by atoms with Crippen LogP contribution in [-0.2, 0) is 0 Å². The maximum absolute atomic E-state index is 11.9. The van der Waals surface area contributed by atoms with Gasteiger partial charge in [-0.3, -0.25) is 4.79 Å². The zero-order valence-electron chi connectivity index (χ0n) is 11.9. The summed E-state index contributed by atoms with van der Waals surface area (Å²) in [5.74, 6) is 0.286. The molecule has 2 rings (SSSR count). The van der Waals surface area contributed by atoms with Crippen LogP contribution < -0.4 is 5.32 Å². The van der Waals surface area contributed by atoms with Crippen molar-refractivity contribution in [3.63, 3.8) is 0 Å². The number of pyridine rings is 1. The van der Waals surface area contributed by atoms with Gasteiger partial charge in [0.25, 0.3) is 5.91 Å². The average molecular weight is 296 g/mol. The summed E-state index contributed by atoms with van der Waals surface area (Å²) < 4.78 is 0. The predicted octanol–water partition coefficient (Wildman–Crippen LogP) is 2.59.